The summed E-state index contributed by atoms with van der Waals surface area (Å²) in [6, 6.07) is 14.6. The lowest BCUT2D eigenvalue weighted by molar-refractivity contribution is -0.146. The Morgan fingerprint density at radius 2 is 1.69 bits per heavy atom. The Morgan fingerprint density at radius 1 is 0.926 bits per heavy atom. The number of aliphatic hydroxyl groups excluding tert-OH is 2. The van der Waals surface area contributed by atoms with Crippen LogP contribution >= 0.6 is 0 Å². The zero-order chi connectivity index (χ0) is 38.7. The van der Waals surface area contributed by atoms with Gasteiger partial charge in [0.25, 0.3) is 0 Å². The smallest absolute Gasteiger partial charge is 0.309 e. The van der Waals surface area contributed by atoms with E-state index in [1.54, 1.807) is 6.20 Å². The number of aromatic nitrogens is 2. The van der Waals surface area contributed by atoms with Gasteiger partial charge in [-0.25, -0.2) is 4.98 Å². The van der Waals surface area contributed by atoms with Gasteiger partial charge < -0.3 is 31.1 Å². The maximum atomic E-state index is 12.4. The molecule has 2 aromatic heterocycles. The van der Waals surface area contributed by atoms with Crippen molar-refractivity contribution < 1.29 is 25.2 Å². The van der Waals surface area contributed by atoms with Crippen LogP contribution in [0, 0.1) is 43.4 Å². The molecule has 296 valence electrons. The van der Waals surface area contributed by atoms with Crippen LogP contribution in [-0.4, -0.2) is 49.2 Å². The van der Waals surface area contributed by atoms with Crippen LogP contribution in [0.5, 0.6) is 0 Å². The Morgan fingerprint density at radius 3 is 2.41 bits per heavy atom. The van der Waals surface area contributed by atoms with Crippen molar-refractivity contribution in [1.29, 1.82) is 0 Å². The SMILES string of the molecule is CCCCC[C@@H]1C=C[C@@H](CCCCC[C@H](C(=O)O)[C@H](O)CC[C@]2(O)C[C@H](Cc3ccnc(N)c3)C[C@H]2Cc2ccc(Cc3cc(C)cc(C)c3)[n-]2)[C@H](O)C1. The van der Waals surface area contributed by atoms with Gasteiger partial charge in [-0.1, -0.05) is 99.1 Å². The number of carbonyl (C=O) groups is 1. The molecule has 54 heavy (non-hydrogen) atoms. The zero-order valence-electron chi connectivity index (χ0n) is 33.0. The summed E-state index contributed by atoms with van der Waals surface area (Å²) in [5.41, 5.74) is 11.7. The van der Waals surface area contributed by atoms with Crippen LogP contribution in [0.25, 0.3) is 0 Å². The van der Waals surface area contributed by atoms with Crippen molar-refractivity contribution in [1.82, 2.24) is 9.97 Å². The third-order valence-electron chi connectivity index (χ3n) is 12.3. The molecule has 0 saturated heterocycles. The maximum absolute atomic E-state index is 12.4. The summed E-state index contributed by atoms with van der Waals surface area (Å²) in [6.45, 7) is 6.43. The van der Waals surface area contributed by atoms with Crippen molar-refractivity contribution in [3.8, 4) is 0 Å². The van der Waals surface area contributed by atoms with Gasteiger partial charge in [0, 0.05) is 12.1 Å². The fraction of sp³-hybridized carbons (Fsp3) is 0.609. The molecule has 6 N–H and O–H groups in total. The molecule has 0 spiro atoms. The number of hydrogen-bond donors (Lipinski definition) is 5. The molecule has 0 amide bonds. The number of nitrogens with zero attached hydrogens (tertiary/aromatic N) is 2. The molecule has 2 aliphatic carbocycles. The van der Waals surface area contributed by atoms with E-state index in [1.165, 1.54) is 36.0 Å². The topological polar surface area (TPSA) is 151 Å². The Bertz CT molecular complexity index is 1630. The van der Waals surface area contributed by atoms with Gasteiger partial charge in [0.15, 0.2) is 0 Å². The maximum Gasteiger partial charge on any atom is 0.309 e. The summed E-state index contributed by atoms with van der Waals surface area (Å²) in [7, 11) is 0. The number of carboxylic acids is 1. The second-order valence-electron chi connectivity index (χ2n) is 17.0. The quantitative estimate of drug-likeness (QED) is 0.0541. The molecule has 1 fully saturated rings. The monoisotopic (exact) mass is 741 g/mol. The number of allylic oxidation sites excluding steroid dienone is 1. The van der Waals surface area contributed by atoms with Crippen molar-refractivity contribution in [3.63, 3.8) is 0 Å². The van der Waals surface area contributed by atoms with Crippen molar-refractivity contribution in [3.05, 3.63) is 94.5 Å². The number of anilines is 1. The van der Waals surface area contributed by atoms with Gasteiger partial charge in [0.05, 0.1) is 23.7 Å². The minimum absolute atomic E-state index is 0.0723. The first-order valence-corrected chi connectivity index (χ1v) is 20.8. The Hall–Kier alpha value is -3.46. The van der Waals surface area contributed by atoms with Gasteiger partial charge in [-0.15, -0.1) is 0 Å². The van der Waals surface area contributed by atoms with Crippen LogP contribution in [0.4, 0.5) is 5.82 Å². The molecule has 1 aromatic carbocycles. The van der Waals surface area contributed by atoms with E-state index < -0.39 is 23.6 Å². The fourth-order valence-corrected chi connectivity index (χ4v) is 9.51. The molecule has 0 radical (unpaired) electrons. The standard InChI is InChI=1S/C46H66N3O5/c1-4-5-7-10-33-13-14-37(43(51)27-33)11-8-6-9-12-41(45(52)53)42(50)17-19-46(54)30-36(24-34-18-20-48-44(47)28-34)25-38(46)29-40-16-15-39(49-40)26-35-22-31(2)21-32(3)23-35/h13-16,18,20-23,28,33,36-38,41-43,50-51,54H,4-12,17,19,24-27,29-30H2,1-3H3,(H2,47,48)(H,52,53)/q-1/t33-,36-,37-,38+,41+,42-,43-,46+/m1/s1. The van der Waals surface area contributed by atoms with Crippen LogP contribution in [0.1, 0.15) is 130 Å². The molecule has 1 saturated carbocycles. The molecular weight excluding hydrogens is 675 g/mol. The van der Waals surface area contributed by atoms with Gasteiger partial charge in [0.2, 0.25) is 0 Å². The molecular formula is C46H66N3O5-. The molecule has 0 bridgehead atoms. The molecule has 2 heterocycles. The Labute approximate surface area is 323 Å². The number of hydrogen-bond acceptors (Lipinski definition) is 6. The van der Waals surface area contributed by atoms with E-state index in [2.05, 4.69) is 68.2 Å². The van der Waals surface area contributed by atoms with Gasteiger partial charge >= 0.3 is 5.97 Å². The number of nitrogen functional groups attached to an aromatic ring is 1. The van der Waals surface area contributed by atoms with Gasteiger partial charge in [-0.05, 0) is 125 Å². The van der Waals surface area contributed by atoms with Crippen molar-refractivity contribution in [2.75, 3.05) is 5.73 Å². The second kappa shape index (κ2) is 19.9. The summed E-state index contributed by atoms with van der Waals surface area (Å²) in [4.78, 5) is 21.5. The third kappa shape index (κ3) is 12.3. The van der Waals surface area contributed by atoms with E-state index >= 15 is 0 Å². The minimum Gasteiger partial charge on any atom is -0.664 e. The van der Waals surface area contributed by atoms with E-state index in [4.69, 9.17) is 10.7 Å². The Kier molecular flexibility index (Phi) is 15.4. The number of nitrogens with two attached hydrogens (primary N) is 1. The number of aliphatic carboxylic acids is 1. The van der Waals surface area contributed by atoms with E-state index in [1.807, 2.05) is 12.1 Å². The number of aryl methyl sites for hydroxylation is 2. The van der Waals surface area contributed by atoms with Crippen LogP contribution < -0.4 is 10.7 Å². The highest BCUT2D eigenvalue weighted by Gasteiger charge is 2.45. The van der Waals surface area contributed by atoms with Gasteiger partial charge in [-0.2, -0.15) is 11.4 Å². The van der Waals surface area contributed by atoms with Crippen molar-refractivity contribution in [2.24, 2.45) is 29.6 Å². The number of pyridine rings is 1. The first-order chi connectivity index (χ1) is 25.9. The van der Waals surface area contributed by atoms with Crippen molar-refractivity contribution in [2.45, 2.75) is 148 Å². The number of rotatable bonds is 21. The van der Waals surface area contributed by atoms with Crippen LogP contribution in [-0.2, 0) is 24.1 Å². The average molecular weight is 741 g/mol. The largest absolute Gasteiger partial charge is 0.664 e. The lowest BCUT2D eigenvalue weighted by atomic mass is 9.80. The van der Waals surface area contributed by atoms with E-state index in [0.717, 1.165) is 68.3 Å². The number of benzene rings is 1. The molecule has 5 rings (SSSR count). The molecule has 3 aromatic rings. The predicted octanol–water partition coefficient (Wildman–Crippen LogP) is 8.30. The predicted molar refractivity (Wildman–Crippen MR) is 216 cm³/mol. The first-order valence-electron chi connectivity index (χ1n) is 20.8. The van der Waals surface area contributed by atoms with Crippen LogP contribution in [0.15, 0.2) is 60.8 Å². The Balaban J connectivity index is 1.15. The van der Waals surface area contributed by atoms with Crippen LogP contribution in [0.3, 0.4) is 0 Å². The lowest BCUT2D eigenvalue weighted by Crippen LogP contribution is -2.37. The molecule has 8 heteroatoms. The highest BCUT2D eigenvalue weighted by molar-refractivity contribution is 5.70. The van der Waals surface area contributed by atoms with Gasteiger partial charge in [0.1, 0.15) is 5.82 Å². The lowest BCUT2D eigenvalue weighted by Gasteiger charge is -2.33. The summed E-state index contributed by atoms with van der Waals surface area (Å²) in [5, 5.41) is 44.4. The molecule has 8 nitrogen and oxygen atoms in total. The summed E-state index contributed by atoms with van der Waals surface area (Å²) in [5.74, 6) is -0.600. The second-order valence-corrected chi connectivity index (χ2v) is 17.0. The highest BCUT2D eigenvalue weighted by Crippen LogP contribution is 2.46. The van der Waals surface area contributed by atoms with Crippen molar-refractivity contribution >= 4 is 11.8 Å². The molecule has 0 aliphatic heterocycles. The average Bonchev–Trinajstić information content (AvgIpc) is 3.68. The molecule has 0 unspecified atom stereocenters. The van der Waals surface area contributed by atoms with E-state index in [-0.39, 0.29) is 30.3 Å². The molecule has 8 atom stereocenters. The highest BCUT2D eigenvalue weighted by atomic mass is 16.4. The first kappa shape index (κ1) is 41.7. The zero-order valence-corrected chi connectivity index (χ0v) is 33.0. The van der Waals surface area contributed by atoms with E-state index in [9.17, 15) is 25.2 Å². The summed E-state index contributed by atoms with van der Waals surface area (Å²) >= 11 is 0. The summed E-state index contributed by atoms with van der Waals surface area (Å²) in [6.07, 6.45) is 18.4. The van der Waals surface area contributed by atoms with Gasteiger partial charge in [-0.3, -0.25) is 4.79 Å². The number of unbranched alkanes of at least 4 members (excludes halogenated alkanes) is 4. The number of aliphatic hydroxyl groups is 3. The number of carboxylic acid groups (broad SMARTS) is 1. The third-order valence-corrected chi connectivity index (χ3v) is 12.3. The minimum atomic E-state index is -1.05. The van der Waals surface area contributed by atoms with E-state index in [0.29, 0.717) is 43.8 Å². The fourth-order valence-electron chi connectivity index (χ4n) is 9.51. The normalized spacial score (nSPS) is 25.2. The van der Waals surface area contributed by atoms with Crippen LogP contribution in [0.2, 0.25) is 0 Å². The molecule has 2 aliphatic rings. The summed E-state index contributed by atoms with van der Waals surface area (Å²) < 4.78 is 0.